The van der Waals surface area contributed by atoms with Gasteiger partial charge in [-0.1, -0.05) is 24.3 Å². The third-order valence-electron chi connectivity index (χ3n) is 7.00. The SMILES string of the molecule is COCCOc1cccc(-c2nc3c(c(Nc4ccc(-c5cnn(C6CCCCO6)c5)cc4)n2)COCC3)c1. The second-order valence-corrected chi connectivity index (χ2v) is 9.73. The summed E-state index contributed by atoms with van der Waals surface area (Å²) in [7, 11) is 1.66. The first kappa shape index (κ1) is 25.5. The van der Waals surface area contributed by atoms with E-state index in [2.05, 4.69) is 40.9 Å². The number of anilines is 2. The monoisotopic (exact) mass is 527 g/mol. The van der Waals surface area contributed by atoms with Gasteiger partial charge in [-0.2, -0.15) is 5.10 Å². The molecule has 6 rings (SSSR count). The maximum Gasteiger partial charge on any atom is 0.161 e. The van der Waals surface area contributed by atoms with Crippen molar-refractivity contribution in [2.45, 2.75) is 38.5 Å². The standard InChI is InChI=1S/C30H33N5O4/c1-36-15-16-38-25-6-4-5-22(17-25)29-33-27-12-14-37-20-26(27)30(34-29)32-24-10-8-21(9-11-24)23-18-31-35(19-23)28-7-2-3-13-39-28/h4-6,8-11,17-19,28H,2-3,7,12-16,20H2,1H3,(H,32,33,34). The number of hydrogen-bond donors (Lipinski definition) is 1. The summed E-state index contributed by atoms with van der Waals surface area (Å²) >= 11 is 0. The lowest BCUT2D eigenvalue weighted by Gasteiger charge is -2.22. The molecule has 4 aromatic rings. The van der Waals surface area contributed by atoms with E-state index in [0.717, 1.165) is 71.1 Å². The first-order valence-corrected chi connectivity index (χ1v) is 13.5. The maximum absolute atomic E-state index is 5.87. The molecule has 39 heavy (non-hydrogen) atoms. The summed E-state index contributed by atoms with van der Waals surface area (Å²) in [5.74, 6) is 2.18. The van der Waals surface area contributed by atoms with E-state index in [9.17, 15) is 0 Å². The van der Waals surface area contributed by atoms with Crippen LogP contribution in [-0.2, 0) is 27.2 Å². The van der Waals surface area contributed by atoms with Crippen LogP contribution in [0.4, 0.5) is 11.5 Å². The third kappa shape index (κ3) is 5.95. The predicted octanol–water partition coefficient (Wildman–Crippen LogP) is 5.55. The zero-order valence-electron chi connectivity index (χ0n) is 22.1. The Kier molecular flexibility index (Phi) is 7.80. The molecule has 2 aliphatic heterocycles. The van der Waals surface area contributed by atoms with Crippen LogP contribution in [0.3, 0.4) is 0 Å². The molecule has 0 bridgehead atoms. The Morgan fingerprint density at radius 1 is 1.00 bits per heavy atom. The summed E-state index contributed by atoms with van der Waals surface area (Å²) in [5.41, 5.74) is 6.01. The normalized spacial score (nSPS) is 17.0. The molecule has 1 fully saturated rings. The zero-order chi connectivity index (χ0) is 26.4. The Hall–Kier alpha value is -3.79. The van der Waals surface area contributed by atoms with Crippen LogP contribution < -0.4 is 10.1 Å². The van der Waals surface area contributed by atoms with Gasteiger partial charge in [-0.25, -0.2) is 14.6 Å². The Morgan fingerprint density at radius 2 is 1.92 bits per heavy atom. The highest BCUT2D eigenvalue weighted by atomic mass is 16.5. The quantitative estimate of drug-likeness (QED) is 0.283. The molecule has 1 atom stereocenters. The van der Waals surface area contributed by atoms with Gasteiger partial charge in [0.15, 0.2) is 5.82 Å². The first-order chi connectivity index (χ1) is 19.3. The van der Waals surface area contributed by atoms with Gasteiger partial charge in [0.2, 0.25) is 0 Å². The zero-order valence-corrected chi connectivity index (χ0v) is 22.1. The largest absolute Gasteiger partial charge is 0.491 e. The second-order valence-electron chi connectivity index (χ2n) is 9.73. The molecule has 4 heterocycles. The number of fused-ring (bicyclic) bond motifs is 1. The fourth-order valence-electron chi connectivity index (χ4n) is 4.89. The minimum absolute atomic E-state index is 0.0337. The van der Waals surface area contributed by atoms with Gasteiger partial charge in [0.05, 0.1) is 31.7 Å². The van der Waals surface area contributed by atoms with Gasteiger partial charge in [-0.05, 0) is 49.1 Å². The second kappa shape index (κ2) is 11.9. The Bertz CT molecular complexity index is 1400. The van der Waals surface area contributed by atoms with Crippen molar-refractivity contribution in [3.63, 3.8) is 0 Å². The van der Waals surface area contributed by atoms with Gasteiger partial charge in [0, 0.05) is 48.7 Å². The average molecular weight is 528 g/mol. The van der Waals surface area contributed by atoms with Crippen molar-refractivity contribution in [3.8, 4) is 28.3 Å². The van der Waals surface area contributed by atoms with Crippen molar-refractivity contribution >= 4 is 11.5 Å². The summed E-state index contributed by atoms with van der Waals surface area (Å²) in [6.07, 6.45) is 8.05. The number of ether oxygens (including phenoxy) is 4. The molecule has 2 aromatic carbocycles. The van der Waals surface area contributed by atoms with Crippen LogP contribution in [0, 0.1) is 0 Å². The number of benzene rings is 2. The predicted molar refractivity (Wildman–Crippen MR) is 148 cm³/mol. The molecular formula is C30H33N5O4. The summed E-state index contributed by atoms with van der Waals surface area (Å²) in [5, 5.41) is 8.06. The van der Waals surface area contributed by atoms with Gasteiger partial charge in [-0.15, -0.1) is 0 Å². The molecule has 0 radical (unpaired) electrons. The van der Waals surface area contributed by atoms with Crippen LogP contribution in [-0.4, -0.2) is 53.3 Å². The van der Waals surface area contributed by atoms with Crippen molar-refractivity contribution in [2.24, 2.45) is 0 Å². The van der Waals surface area contributed by atoms with E-state index in [1.165, 1.54) is 6.42 Å². The fourth-order valence-corrected chi connectivity index (χ4v) is 4.89. The van der Waals surface area contributed by atoms with Crippen molar-refractivity contribution < 1.29 is 18.9 Å². The summed E-state index contributed by atoms with van der Waals surface area (Å²) in [4.78, 5) is 9.80. The lowest BCUT2D eigenvalue weighted by Crippen LogP contribution is -2.18. The molecule has 0 amide bonds. The molecule has 9 nitrogen and oxygen atoms in total. The number of rotatable bonds is 9. The minimum Gasteiger partial charge on any atom is -0.491 e. The van der Waals surface area contributed by atoms with Gasteiger partial charge in [0.25, 0.3) is 0 Å². The molecule has 9 heteroatoms. The number of aromatic nitrogens is 4. The van der Waals surface area contributed by atoms with E-state index in [4.69, 9.17) is 28.9 Å². The van der Waals surface area contributed by atoms with Crippen molar-refractivity contribution in [2.75, 3.05) is 38.9 Å². The van der Waals surface area contributed by atoms with Crippen molar-refractivity contribution in [1.29, 1.82) is 0 Å². The van der Waals surface area contributed by atoms with Crippen LogP contribution in [0.15, 0.2) is 60.9 Å². The smallest absolute Gasteiger partial charge is 0.161 e. The van der Waals surface area contributed by atoms with Crippen molar-refractivity contribution in [1.82, 2.24) is 19.7 Å². The molecule has 202 valence electrons. The topological polar surface area (TPSA) is 92.6 Å². The Morgan fingerprint density at radius 3 is 2.77 bits per heavy atom. The van der Waals surface area contributed by atoms with Crippen LogP contribution >= 0.6 is 0 Å². The van der Waals surface area contributed by atoms with Crippen LogP contribution in [0.1, 0.15) is 36.7 Å². The van der Waals surface area contributed by atoms with Gasteiger partial charge < -0.3 is 24.3 Å². The van der Waals surface area contributed by atoms with Crippen LogP contribution in [0.2, 0.25) is 0 Å². The van der Waals surface area contributed by atoms with E-state index in [1.54, 1.807) is 7.11 Å². The molecular weight excluding hydrogens is 494 g/mol. The Labute approximate surface area is 228 Å². The molecule has 1 saturated heterocycles. The Balaban J connectivity index is 1.23. The van der Waals surface area contributed by atoms with E-state index >= 15 is 0 Å². The fraction of sp³-hybridized carbons (Fsp3) is 0.367. The molecule has 0 aliphatic carbocycles. The number of hydrogen-bond acceptors (Lipinski definition) is 8. The highest BCUT2D eigenvalue weighted by Gasteiger charge is 2.20. The summed E-state index contributed by atoms with van der Waals surface area (Å²) in [6, 6.07) is 16.2. The molecule has 1 unspecified atom stereocenters. The molecule has 2 aromatic heterocycles. The minimum atomic E-state index is 0.0337. The molecule has 0 spiro atoms. The van der Waals surface area contributed by atoms with E-state index in [-0.39, 0.29) is 6.23 Å². The molecule has 1 N–H and O–H groups in total. The lowest BCUT2D eigenvalue weighted by molar-refractivity contribution is -0.0394. The maximum atomic E-state index is 5.87. The third-order valence-corrected chi connectivity index (χ3v) is 7.00. The van der Waals surface area contributed by atoms with Crippen molar-refractivity contribution in [3.05, 3.63) is 72.2 Å². The number of nitrogens with zero attached hydrogens (tertiary/aromatic N) is 4. The first-order valence-electron chi connectivity index (χ1n) is 13.5. The summed E-state index contributed by atoms with van der Waals surface area (Å²) in [6.45, 7) is 2.95. The van der Waals surface area contributed by atoms with E-state index in [1.807, 2.05) is 35.1 Å². The molecule has 2 aliphatic rings. The van der Waals surface area contributed by atoms with Gasteiger partial charge >= 0.3 is 0 Å². The van der Waals surface area contributed by atoms with Crippen LogP contribution in [0.25, 0.3) is 22.5 Å². The van der Waals surface area contributed by atoms with Gasteiger partial charge in [-0.3, -0.25) is 0 Å². The average Bonchev–Trinajstić information content (AvgIpc) is 3.49. The van der Waals surface area contributed by atoms with Gasteiger partial charge in [0.1, 0.15) is 24.4 Å². The summed E-state index contributed by atoms with van der Waals surface area (Å²) < 4.78 is 24.5. The number of methoxy groups -OCH3 is 1. The van der Waals surface area contributed by atoms with E-state index in [0.29, 0.717) is 32.3 Å². The lowest BCUT2D eigenvalue weighted by atomic mass is 10.1. The van der Waals surface area contributed by atoms with E-state index < -0.39 is 0 Å². The molecule has 0 saturated carbocycles. The van der Waals surface area contributed by atoms with Crippen LogP contribution in [0.5, 0.6) is 5.75 Å². The number of nitrogens with one attached hydrogen (secondary N) is 1. The highest BCUT2D eigenvalue weighted by molar-refractivity contribution is 5.69. The highest BCUT2D eigenvalue weighted by Crippen LogP contribution is 2.31.